The van der Waals surface area contributed by atoms with Crippen LogP contribution < -0.4 is 5.32 Å². The summed E-state index contributed by atoms with van der Waals surface area (Å²) >= 11 is 0. The van der Waals surface area contributed by atoms with Gasteiger partial charge in [-0.05, 0) is 31.4 Å². The number of para-hydroxylation sites is 1. The number of hydrogen-bond acceptors (Lipinski definition) is 2. The SMILES string of the molecule is CCCCC(C#N)(CC)Nc1ccccc1C. The van der Waals surface area contributed by atoms with Crippen molar-refractivity contribution in [1.82, 2.24) is 0 Å². The second-order valence-corrected chi connectivity index (χ2v) is 4.59. The summed E-state index contributed by atoms with van der Waals surface area (Å²) in [6.45, 7) is 6.30. The largest absolute Gasteiger partial charge is 0.367 e. The van der Waals surface area contributed by atoms with E-state index in [-0.39, 0.29) is 0 Å². The second-order valence-electron chi connectivity index (χ2n) is 4.59. The molecule has 0 radical (unpaired) electrons. The number of nitriles is 1. The molecule has 1 aromatic rings. The van der Waals surface area contributed by atoms with Crippen LogP contribution in [0.2, 0.25) is 0 Å². The third-order valence-electron chi connectivity index (χ3n) is 3.29. The van der Waals surface area contributed by atoms with Crippen molar-refractivity contribution in [2.75, 3.05) is 5.32 Å². The Morgan fingerprint density at radius 1 is 1.29 bits per heavy atom. The van der Waals surface area contributed by atoms with Gasteiger partial charge in [0.05, 0.1) is 6.07 Å². The molecular weight excluding hydrogens is 208 g/mol. The normalized spacial score (nSPS) is 13.8. The second kappa shape index (κ2) is 6.30. The summed E-state index contributed by atoms with van der Waals surface area (Å²) in [7, 11) is 0. The van der Waals surface area contributed by atoms with E-state index in [9.17, 15) is 5.26 Å². The van der Waals surface area contributed by atoms with Gasteiger partial charge in [0.15, 0.2) is 0 Å². The van der Waals surface area contributed by atoms with Gasteiger partial charge in [-0.15, -0.1) is 0 Å². The van der Waals surface area contributed by atoms with Crippen molar-refractivity contribution in [2.24, 2.45) is 0 Å². The summed E-state index contributed by atoms with van der Waals surface area (Å²) < 4.78 is 0. The van der Waals surface area contributed by atoms with Crippen LogP contribution >= 0.6 is 0 Å². The molecule has 0 aliphatic heterocycles. The van der Waals surface area contributed by atoms with Crippen molar-refractivity contribution < 1.29 is 0 Å². The van der Waals surface area contributed by atoms with Crippen LogP contribution in [0.3, 0.4) is 0 Å². The Kier molecular flexibility index (Phi) is 5.03. The van der Waals surface area contributed by atoms with E-state index in [1.165, 1.54) is 5.56 Å². The number of nitrogens with zero attached hydrogens (tertiary/aromatic N) is 1. The van der Waals surface area contributed by atoms with Crippen LogP contribution in [0.1, 0.15) is 45.1 Å². The van der Waals surface area contributed by atoms with Crippen LogP contribution in [0, 0.1) is 18.3 Å². The molecule has 0 saturated carbocycles. The zero-order chi connectivity index (χ0) is 12.7. The van der Waals surface area contributed by atoms with Crippen molar-refractivity contribution in [3.05, 3.63) is 29.8 Å². The first-order valence-electron chi connectivity index (χ1n) is 6.42. The third kappa shape index (κ3) is 3.49. The number of rotatable bonds is 6. The molecule has 17 heavy (non-hydrogen) atoms. The van der Waals surface area contributed by atoms with Crippen LogP contribution in [0.25, 0.3) is 0 Å². The zero-order valence-corrected chi connectivity index (χ0v) is 11.1. The Bertz CT molecular complexity index is 392. The molecule has 1 atom stereocenters. The van der Waals surface area contributed by atoms with Gasteiger partial charge in [0, 0.05) is 5.69 Å². The summed E-state index contributed by atoms with van der Waals surface area (Å²) in [6, 6.07) is 10.6. The molecule has 1 aromatic carbocycles. The van der Waals surface area contributed by atoms with Crippen LogP contribution in [0.4, 0.5) is 5.69 Å². The Morgan fingerprint density at radius 2 is 2.00 bits per heavy atom. The number of benzene rings is 1. The van der Waals surface area contributed by atoms with Gasteiger partial charge in [-0.1, -0.05) is 44.9 Å². The van der Waals surface area contributed by atoms with Gasteiger partial charge in [0.2, 0.25) is 0 Å². The Balaban J connectivity index is 2.87. The van der Waals surface area contributed by atoms with Crippen molar-refractivity contribution >= 4 is 5.69 Å². The average Bonchev–Trinajstić information content (AvgIpc) is 2.37. The Hall–Kier alpha value is -1.49. The summed E-state index contributed by atoms with van der Waals surface area (Å²) in [5, 5.41) is 12.9. The molecule has 0 bridgehead atoms. The van der Waals surface area contributed by atoms with Gasteiger partial charge in [0.25, 0.3) is 0 Å². The smallest absolute Gasteiger partial charge is 0.125 e. The van der Waals surface area contributed by atoms with E-state index in [1.807, 2.05) is 18.2 Å². The highest BCUT2D eigenvalue weighted by atomic mass is 15.0. The summed E-state index contributed by atoms with van der Waals surface area (Å²) in [5.41, 5.74) is 1.85. The number of unbranched alkanes of at least 4 members (excludes halogenated alkanes) is 1. The maximum absolute atomic E-state index is 9.44. The third-order valence-corrected chi connectivity index (χ3v) is 3.29. The molecule has 1 N–H and O–H groups in total. The molecule has 1 rings (SSSR count). The molecule has 2 nitrogen and oxygen atoms in total. The molecule has 0 heterocycles. The zero-order valence-electron chi connectivity index (χ0n) is 11.1. The van der Waals surface area contributed by atoms with Crippen LogP contribution in [-0.4, -0.2) is 5.54 Å². The summed E-state index contributed by atoms with van der Waals surface area (Å²) in [5.74, 6) is 0. The molecular formula is C15H22N2. The van der Waals surface area contributed by atoms with Crippen molar-refractivity contribution in [3.63, 3.8) is 0 Å². The highest BCUT2D eigenvalue weighted by Crippen LogP contribution is 2.25. The highest BCUT2D eigenvalue weighted by molar-refractivity contribution is 5.53. The molecule has 92 valence electrons. The first kappa shape index (κ1) is 13.6. The number of hydrogen-bond donors (Lipinski definition) is 1. The molecule has 0 amide bonds. The average molecular weight is 230 g/mol. The predicted molar refractivity (Wildman–Crippen MR) is 73.0 cm³/mol. The molecule has 0 saturated heterocycles. The predicted octanol–water partition coefficient (Wildman–Crippen LogP) is 4.27. The van der Waals surface area contributed by atoms with Gasteiger partial charge >= 0.3 is 0 Å². The number of anilines is 1. The van der Waals surface area contributed by atoms with E-state index in [0.29, 0.717) is 0 Å². The maximum atomic E-state index is 9.44. The fourth-order valence-corrected chi connectivity index (χ4v) is 1.94. The lowest BCUT2D eigenvalue weighted by Crippen LogP contribution is -2.36. The molecule has 2 heteroatoms. The minimum absolute atomic E-state index is 0.415. The maximum Gasteiger partial charge on any atom is 0.125 e. The Labute approximate surface area is 105 Å². The van der Waals surface area contributed by atoms with Crippen molar-refractivity contribution in [3.8, 4) is 6.07 Å². The van der Waals surface area contributed by atoms with Gasteiger partial charge in [-0.2, -0.15) is 5.26 Å². The molecule has 0 aliphatic carbocycles. The van der Waals surface area contributed by atoms with Gasteiger partial charge in [-0.3, -0.25) is 0 Å². The first-order chi connectivity index (χ1) is 8.17. The minimum atomic E-state index is -0.415. The Morgan fingerprint density at radius 3 is 2.53 bits per heavy atom. The van der Waals surface area contributed by atoms with Crippen LogP contribution in [0.5, 0.6) is 0 Å². The monoisotopic (exact) mass is 230 g/mol. The van der Waals surface area contributed by atoms with Crippen LogP contribution in [0.15, 0.2) is 24.3 Å². The molecule has 0 aliphatic rings. The van der Waals surface area contributed by atoms with E-state index in [4.69, 9.17) is 0 Å². The van der Waals surface area contributed by atoms with E-state index in [2.05, 4.69) is 38.2 Å². The molecule has 0 fully saturated rings. The molecule has 0 aromatic heterocycles. The van der Waals surface area contributed by atoms with E-state index in [0.717, 1.165) is 31.4 Å². The standard InChI is InChI=1S/C15H22N2/c1-4-6-11-15(5-2,12-16)17-14-10-8-7-9-13(14)3/h7-10,17H,4-6,11H2,1-3H3. The fourth-order valence-electron chi connectivity index (χ4n) is 1.94. The summed E-state index contributed by atoms with van der Waals surface area (Å²) in [4.78, 5) is 0. The van der Waals surface area contributed by atoms with E-state index in [1.54, 1.807) is 0 Å². The van der Waals surface area contributed by atoms with E-state index >= 15 is 0 Å². The molecule has 0 spiro atoms. The fraction of sp³-hybridized carbons (Fsp3) is 0.533. The lowest BCUT2D eigenvalue weighted by molar-refractivity contribution is 0.497. The topological polar surface area (TPSA) is 35.8 Å². The van der Waals surface area contributed by atoms with Crippen LogP contribution in [-0.2, 0) is 0 Å². The quantitative estimate of drug-likeness (QED) is 0.792. The number of aryl methyl sites for hydroxylation is 1. The van der Waals surface area contributed by atoms with Crippen molar-refractivity contribution in [2.45, 2.75) is 52.0 Å². The molecule has 1 unspecified atom stereocenters. The van der Waals surface area contributed by atoms with Gasteiger partial charge in [-0.25, -0.2) is 0 Å². The van der Waals surface area contributed by atoms with E-state index < -0.39 is 5.54 Å². The van der Waals surface area contributed by atoms with Crippen molar-refractivity contribution in [1.29, 1.82) is 5.26 Å². The summed E-state index contributed by atoms with van der Waals surface area (Å²) in [6.07, 6.45) is 3.95. The lowest BCUT2D eigenvalue weighted by atomic mass is 9.90. The first-order valence-corrected chi connectivity index (χ1v) is 6.42. The van der Waals surface area contributed by atoms with Gasteiger partial charge < -0.3 is 5.32 Å². The highest BCUT2D eigenvalue weighted by Gasteiger charge is 2.27. The van der Waals surface area contributed by atoms with Gasteiger partial charge in [0.1, 0.15) is 5.54 Å². The minimum Gasteiger partial charge on any atom is -0.367 e. The lowest BCUT2D eigenvalue weighted by Gasteiger charge is -2.28. The number of nitrogens with one attached hydrogen (secondary N) is 1.